The second-order valence-electron chi connectivity index (χ2n) is 3.95. The van der Waals surface area contributed by atoms with E-state index in [1.165, 1.54) is 0 Å². The summed E-state index contributed by atoms with van der Waals surface area (Å²) in [6, 6.07) is 0. The molecule has 6 N–H and O–H groups in total. The first-order chi connectivity index (χ1) is 8.72. The maximum absolute atomic E-state index is 11.2. The van der Waals surface area contributed by atoms with E-state index < -0.39 is 55.5 Å². The highest BCUT2D eigenvalue weighted by Crippen LogP contribution is 2.07. The fourth-order valence-corrected chi connectivity index (χ4v) is 1.07. The second-order valence-corrected chi connectivity index (χ2v) is 3.95. The van der Waals surface area contributed by atoms with E-state index in [-0.39, 0.29) is 0 Å². The molecule has 0 saturated carbocycles. The molecule has 0 amide bonds. The van der Waals surface area contributed by atoms with Crippen LogP contribution < -0.4 is 0 Å². The lowest BCUT2D eigenvalue weighted by molar-refractivity contribution is -0.173. The molecule has 5 atom stereocenters. The smallest absolute Gasteiger partial charge is 0.337 e. The van der Waals surface area contributed by atoms with Crippen LogP contribution in [0.3, 0.4) is 0 Å². The minimum Gasteiger partial charge on any atom is -0.461 e. The molecule has 0 radical (unpaired) electrons. The van der Waals surface area contributed by atoms with Gasteiger partial charge in [0.15, 0.2) is 11.9 Å². The van der Waals surface area contributed by atoms with Crippen molar-refractivity contribution < 1.29 is 45.0 Å². The summed E-state index contributed by atoms with van der Waals surface area (Å²) >= 11 is 0. The molecule has 5 unspecified atom stereocenters. The van der Waals surface area contributed by atoms with Gasteiger partial charge in [0.05, 0.1) is 6.61 Å². The Bertz CT molecular complexity index is 305. The minimum atomic E-state index is -2.21. The van der Waals surface area contributed by atoms with Crippen molar-refractivity contribution in [2.75, 3.05) is 13.2 Å². The Morgan fingerprint density at radius 3 is 1.89 bits per heavy atom. The van der Waals surface area contributed by atoms with Gasteiger partial charge in [-0.25, -0.2) is 4.79 Å². The van der Waals surface area contributed by atoms with Gasteiger partial charge >= 0.3 is 5.97 Å². The Morgan fingerprint density at radius 2 is 1.47 bits per heavy atom. The standard InChI is InChI=1S/C10H18O9/c1-4(12)6(14)7(15)8(16)9(17)10(18)19-3-5(13)2-11/h5-9,11,13-17H,2-3H2,1H3. The number of carbonyl (C=O) groups is 2. The van der Waals surface area contributed by atoms with Crippen LogP contribution in [0.25, 0.3) is 0 Å². The van der Waals surface area contributed by atoms with E-state index in [0.717, 1.165) is 6.92 Å². The van der Waals surface area contributed by atoms with Gasteiger partial charge in [-0.15, -0.1) is 0 Å². The summed E-state index contributed by atoms with van der Waals surface area (Å²) in [4.78, 5) is 22.0. The van der Waals surface area contributed by atoms with E-state index in [4.69, 9.17) is 15.3 Å². The predicted octanol–water partition coefficient (Wildman–Crippen LogP) is -4.08. The van der Waals surface area contributed by atoms with Gasteiger partial charge in [0.25, 0.3) is 0 Å². The molecule has 19 heavy (non-hydrogen) atoms. The third kappa shape index (κ3) is 5.59. The van der Waals surface area contributed by atoms with Crippen LogP contribution in [0.15, 0.2) is 0 Å². The van der Waals surface area contributed by atoms with Crippen molar-refractivity contribution in [3.63, 3.8) is 0 Å². The molecular formula is C10H18O9. The van der Waals surface area contributed by atoms with Gasteiger partial charge in [-0.1, -0.05) is 0 Å². The van der Waals surface area contributed by atoms with E-state index in [9.17, 15) is 24.9 Å². The zero-order valence-electron chi connectivity index (χ0n) is 10.2. The Hall–Kier alpha value is -1.10. The molecule has 0 aliphatic carbocycles. The van der Waals surface area contributed by atoms with Crippen LogP contribution >= 0.6 is 0 Å². The topological polar surface area (TPSA) is 165 Å². The van der Waals surface area contributed by atoms with E-state index in [2.05, 4.69) is 4.74 Å². The Labute approximate surface area is 108 Å². The molecule has 0 fully saturated rings. The Kier molecular flexibility index (Phi) is 7.68. The third-order valence-electron chi connectivity index (χ3n) is 2.28. The summed E-state index contributed by atoms with van der Waals surface area (Å²) in [6.07, 6.45) is -9.73. The zero-order chi connectivity index (χ0) is 15.2. The Balaban J connectivity index is 4.42. The van der Waals surface area contributed by atoms with Crippen molar-refractivity contribution in [1.29, 1.82) is 0 Å². The van der Waals surface area contributed by atoms with Gasteiger partial charge in [0.1, 0.15) is 31.0 Å². The predicted molar refractivity (Wildman–Crippen MR) is 58.8 cm³/mol. The fraction of sp³-hybridized carbons (Fsp3) is 0.800. The van der Waals surface area contributed by atoms with Crippen molar-refractivity contribution in [2.24, 2.45) is 0 Å². The van der Waals surface area contributed by atoms with Gasteiger partial charge in [0.2, 0.25) is 0 Å². The summed E-state index contributed by atoms with van der Waals surface area (Å²) in [5, 5.41) is 54.5. The zero-order valence-corrected chi connectivity index (χ0v) is 10.2. The van der Waals surface area contributed by atoms with Gasteiger partial charge in [0, 0.05) is 0 Å². The highest BCUT2D eigenvalue weighted by atomic mass is 16.6. The second kappa shape index (κ2) is 8.15. The van der Waals surface area contributed by atoms with Crippen LogP contribution in [0, 0.1) is 0 Å². The summed E-state index contributed by atoms with van der Waals surface area (Å²) in [6.45, 7) is -0.342. The lowest BCUT2D eigenvalue weighted by atomic mass is 10.0. The van der Waals surface area contributed by atoms with E-state index >= 15 is 0 Å². The highest BCUT2D eigenvalue weighted by molar-refractivity contribution is 5.81. The molecule has 0 spiro atoms. The van der Waals surface area contributed by atoms with E-state index in [0.29, 0.717) is 0 Å². The molecule has 0 aromatic rings. The van der Waals surface area contributed by atoms with Crippen LogP contribution in [0.4, 0.5) is 0 Å². The summed E-state index contributed by atoms with van der Waals surface area (Å²) < 4.78 is 4.33. The third-order valence-corrected chi connectivity index (χ3v) is 2.28. The number of Topliss-reactive ketones (excluding diaryl/α,β-unsaturated/α-hetero) is 1. The number of aliphatic hydroxyl groups excluding tert-OH is 6. The molecule has 0 saturated heterocycles. The molecule has 0 heterocycles. The number of rotatable bonds is 8. The number of hydrogen-bond donors (Lipinski definition) is 6. The van der Waals surface area contributed by atoms with Crippen LogP contribution in [0.1, 0.15) is 6.92 Å². The summed E-state index contributed by atoms with van der Waals surface area (Å²) in [5.74, 6) is -2.24. The summed E-state index contributed by atoms with van der Waals surface area (Å²) in [5.41, 5.74) is 0. The maximum atomic E-state index is 11.2. The number of hydrogen-bond acceptors (Lipinski definition) is 9. The molecule has 0 aliphatic rings. The Morgan fingerprint density at radius 1 is 1.00 bits per heavy atom. The molecule has 9 heteroatoms. The van der Waals surface area contributed by atoms with E-state index in [1.807, 2.05) is 0 Å². The van der Waals surface area contributed by atoms with Crippen LogP contribution in [-0.2, 0) is 14.3 Å². The van der Waals surface area contributed by atoms with Crippen molar-refractivity contribution in [3.05, 3.63) is 0 Å². The fourth-order valence-electron chi connectivity index (χ4n) is 1.07. The highest BCUT2D eigenvalue weighted by Gasteiger charge is 2.37. The molecule has 0 aromatic heterocycles. The molecule has 0 rings (SSSR count). The largest absolute Gasteiger partial charge is 0.461 e. The molecule has 9 nitrogen and oxygen atoms in total. The number of carbonyl (C=O) groups excluding carboxylic acids is 2. The SMILES string of the molecule is CC(=O)C(O)C(O)C(O)C(O)C(=O)OCC(O)CO. The van der Waals surface area contributed by atoms with Crippen molar-refractivity contribution in [1.82, 2.24) is 0 Å². The van der Waals surface area contributed by atoms with Crippen molar-refractivity contribution in [3.8, 4) is 0 Å². The number of aliphatic hydroxyl groups is 6. The van der Waals surface area contributed by atoms with Crippen molar-refractivity contribution >= 4 is 11.8 Å². The normalized spacial score (nSPS) is 19.1. The average molecular weight is 282 g/mol. The minimum absolute atomic E-state index is 0.621. The van der Waals surface area contributed by atoms with E-state index in [1.54, 1.807) is 0 Å². The average Bonchev–Trinajstić information content (AvgIpc) is 2.40. The maximum Gasteiger partial charge on any atom is 0.337 e. The van der Waals surface area contributed by atoms with Crippen LogP contribution in [0.2, 0.25) is 0 Å². The van der Waals surface area contributed by atoms with Crippen LogP contribution in [-0.4, -0.2) is 86.1 Å². The first-order valence-electron chi connectivity index (χ1n) is 5.40. The number of ether oxygens (including phenoxy) is 1. The number of ketones is 1. The quantitative estimate of drug-likeness (QED) is 0.243. The van der Waals surface area contributed by atoms with Crippen LogP contribution in [0.5, 0.6) is 0 Å². The van der Waals surface area contributed by atoms with Crippen molar-refractivity contribution in [2.45, 2.75) is 37.4 Å². The lowest BCUT2D eigenvalue weighted by Crippen LogP contribution is -2.50. The molecule has 0 bridgehead atoms. The first kappa shape index (κ1) is 17.9. The molecular weight excluding hydrogens is 264 g/mol. The first-order valence-corrected chi connectivity index (χ1v) is 5.40. The van der Waals surface area contributed by atoms with Gasteiger partial charge in [-0.05, 0) is 6.92 Å². The van der Waals surface area contributed by atoms with Gasteiger partial charge in [-0.3, -0.25) is 4.79 Å². The monoisotopic (exact) mass is 282 g/mol. The summed E-state index contributed by atoms with van der Waals surface area (Å²) in [7, 11) is 0. The van der Waals surface area contributed by atoms with Gasteiger partial charge < -0.3 is 35.4 Å². The van der Waals surface area contributed by atoms with Gasteiger partial charge in [-0.2, -0.15) is 0 Å². The number of esters is 1. The lowest BCUT2D eigenvalue weighted by Gasteiger charge is -2.24. The molecule has 112 valence electrons. The molecule has 0 aromatic carbocycles. The molecule has 0 aliphatic heterocycles.